The summed E-state index contributed by atoms with van der Waals surface area (Å²) in [6, 6.07) is 6.86. The Bertz CT molecular complexity index is 678. The van der Waals surface area contributed by atoms with Crippen LogP contribution in [0.1, 0.15) is 10.5 Å². The van der Waals surface area contributed by atoms with Crippen LogP contribution in [-0.2, 0) is 0 Å². The Labute approximate surface area is 126 Å². The molecule has 1 aromatic heterocycles. The molecule has 1 aromatic carbocycles. The van der Waals surface area contributed by atoms with Crippen molar-refractivity contribution in [2.45, 2.75) is 0 Å². The maximum atomic E-state index is 11.9. The van der Waals surface area contributed by atoms with Gasteiger partial charge in [-0.2, -0.15) is 0 Å². The lowest BCUT2D eigenvalue weighted by Gasteiger charge is -2.06. The van der Waals surface area contributed by atoms with E-state index in [0.717, 1.165) is 0 Å². The number of nitrogens with zero attached hydrogens (tertiary/aromatic N) is 3. The van der Waals surface area contributed by atoms with Gasteiger partial charge < -0.3 is 5.32 Å². The van der Waals surface area contributed by atoms with Gasteiger partial charge in [0.15, 0.2) is 10.8 Å². The summed E-state index contributed by atoms with van der Waals surface area (Å²) in [4.78, 5) is 22.1. The molecule has 20 heavy (non-hydrogen) atoms. The van der Waals surface area contributed by atoms with Crippen LogP contribution in [0.15, 0.2) is 34.8 Å². The molecule has 1 heterocycles. The van der Waals surface area contributed by atoms with Crippen LogP contribution >= 0.6 is 27.5 Å². The van der Waals surface area contributed by atoms with Gasteiger partial charge in [0.25, 0.3) is 11.6 Å². The van der Waals surface area contributed by atoms with E-state index in [1.807, 2.05) is 0 Å². The molecule has 9 heteroatoms. The minimum Gasteiger partial charge on any atom is -0.319 e. The average molecular weight is 358 g/mol. The predicted molar refractivity (Wildman–Crippen MR) is 75.8 cm³/mol. The molecule has 0 aliphatic heterocycles. The van der Waals surface area contributed by atoms with Crippen molar-refractivity contribution in [1.82, 2.24) is 10.2 Å². The molecular weight excluding hydrogens is 352 g/mol. The first-order valence-corrected chi connectivity index (χ1v) is 6.39. The number of hydrogen-bond donors (Lipinski definition) is 1. The third kappa shape index (κ3) is 3.28. The SMILES string of the molecule is O=C(Nc1cc([N+](=O)[O-])ccc1Br)c1ccc(Cl)nn1. The highest BCUT2D eigenvalue weighted by Gasteiger charge is 2.14. The van der Waals surface area contributed by atoms with Crippen molar-refractivity contribution in [1.29, 1.82) is 0 Å². The van der Waals surface area contributed by atoms with E-state index >= 15 is 0 Å². The van der Waals surface area contributed by atoms with Crippen molar-refractivity contribution in [3.05, 3.63) is 55.8 Å². The minimum atomic E-state index is -0.551. The molecule has 0 atom stereocenters. The van der Waals surface area contributed by atoms with Gasteiger partial charge in [-0.25, -0.2) is 0 Å². The molecule has 0 aliphatic carbocycles. The molecule has 0 spiro atoms. The molecule has 0 unspecified atom stereocenters. The van der Waals surface area contributed by atoms with Gasteiger partial charge in [0.05, 0.1) is 10.6 Å². The number of hydrogen-bond acceptors (Lipinski definition) is 5. The van der Waals surface area contributed by atoms with Gasteiger partial charge in [0, 0.05) is 16.6 Å². The molecular formula is C11H6BrClN4O3. The number of aromatic nitrogens is 2. The van der Waals surface area contributed by atoms with E-state index in [0.29, 0.717) is 4.47 Å². The molecule has 0 saturated heterocycles. The number of amides is 1. The lowest BCUT2D eigenvalue weighted by atomic mass is 10.2. The second-order valence-electron chi connectivity index (χ2n) is 3.62. The number of nitrogens with one attached hydrogen (secondary N) is 1. The second-order valence-corrected chi connectivity index (χ2v) is 4.86. The Morgan fingerprint density at radius 2 is 2.05 bits per heavy atom. The van der Waals surface area contributed by atoms with Gasteiger partial charge in [-0.15, -0.1) is 10.2 Å². The number of anilines is 1. The fourth-order valence-electron chi connectivity index (χ4n) is 1.35. The quantitative estimate of drug-likeness (QED) is 0.672. The van der Waals surface area contributed by atoms with Crippen molar-refractivity contribution in [3.63, 3.8) is 0 Å². The predicted octanol–water partition coefficient (Wildman–Crippen LogP) is 3.05. The number of rotatable bonds is 3. The van der Waals surface area contributed by atoms with Gasteiger partial charge in [-0.05, 0) is 34.1 Å². The Morgan fingerprint density at radius 1 is 1.30 bits per heavy atom. The third-order valence-electron chi connectivity index (χ3n) is 2.27. The first-order valence-electron chi connectivity index (χ1n) is 5.22. The Hall–Kier alpha value is -2.06. The summed E-state index contributed by atoms with van der Waals surface area (Å²) in [5, 5.41) is 20.5. The molecule has 1 N–H and O–H groups in total. The molecule has 1 amide bonds. The second kappa shape index (κ2) is 5.93. The van der Waals surface area contributed by atoms with Gasteiger partial charge in [0.1, 0.15) is 0 Å². The maximum absolute atomic E-state index is 11.9. The molecule has 2 aromatic rings. The summed E-state index contributed by atoms with van der Waals surface area (Å²) in [7, 11) is 0. The summed E-state index contributed by atoms with van der Waals surface area (Å²) in [5.74, 6) is -0.546. The smallest absolute Gasteiger partial charge is 0.276 e. The largest absolute Gasteiger partial charge is 0.319 e. The summed E-state index contributed by atoms with van der Waals surface area (Å²) in [6.07, 6.45) is 0. The highest BCUT2D eigenvalue weighted by Crippen LogP contribution is 2.27. The molecule has 0 bridgehead atoms. The van der Waals surface area contributed by atoms with Gasteiger partial charge >= 0.3 is 0 Å². The van der Waals surface area contributed by atoms with Crippen LogP contribution in [0.3, 0.4) is 0 Å². The van der Waals surface area contributed by atoms with E-state index in [9.17, 15) is 14.9 Å². The van der Waals surface area contributed by atoms with Crippen molar-refractivity contribution in [2.24, 2.45) is 0 Å². The maximum Gasteiger partial charge on any atom is 0.276 e. The molecule has 102 valence electrons. The third-order valence-corrected chi connectivity index (χ3v) is 3.17. The zero-order valence-corrected chi connectivity index (χ0v) is 12.1. The number of nitro groups is 1. The van der Waals surface area contributed by atoms with E-state index in [-0.39, 0.29) is 22.2 Å². The summed E-state index contributed by atoms with van der Waals surface area (Å²) < 4.78 is 0.512. The first kappa shape index (κ1) is 14.4. The van der Waals surface area contributed by atoms with Crippen molar-refractivity contribution in [2.75, 3.05) is 5.32 Å². The number of carbonyl (C=O) groups excluding carboxylic acids is 1. The van der Waals surface area contributed by atoms with Crippen LogP contribution in [0.5, 0.6) is 0 Å². The van der Waals surface area contributed by atoms with E-state index in [1.165, 1.54) is 30.3 Å². The lowest BCUT2D eigenvalue weighted by molar-refractivity contribution is -0.384. The van der Waals surface area contributed by atoms with E-state index in [2.05, 4.69) is 31.4 Å². The molecule has 0 saturated carbocycles. The van der Waals surface area contributed by atoms with Crippen molar-refractivity contribution < 1.29 is 9.72 Å². The van der Waals surface area contributed by atoms with E-state index in [1.54, 1.807) is 0 Å². The molecule has 0 aliphatic rings. The van der Waals surface area contributed by atoms with Crippen LogP contribution in [0, 0.1) is 10.1 Å². The fourth-order valence-corrected chi connectivity index (χ4v) is 1.79. The van der Waals surface area contributed by atoms with E-state index in [4.69, 9.17) is 11.6 Å². The molecule has 2 rings (SSSR count). The number of halogens is 2. The molecule has 7 nitrogen and oxygen atoms in total. The van der Waals surface area contributed by atoms with Gasteiger partial charge in [0.2, 0.25) is 0 Å². The Morgan fingerprint density at radius 3 is 2.65 bits per heavy atom. The highest BCUT2D eigenvalue weighted by atomic mass is 79.9. The average Bonchev–Trinajstić information content (AvgIpc) is 2.41. The molecule has 0 radical (unpaired) electrons. The van der Waals surface area contributed by atoms with Crippen LogP contribution in [-0.4, -0.2) is 21.0 Å². The number of nitro benzene ring substituents is 1. The lowest BCUT2D eigenvalue weighted by Crippen LogP contribution is -2.14. The minimum absolute atomic E-state index is 0.0489. The standard InChI is InChI=1S/C11H6BrClN4O3/c12-7-2-1-6(17(19)20)5-9(7)14-11(18)8-3-4-10(13)16-15-8/h1-5H,(H,14,18). The van der Waals surface area contributed by atoms with Crippen molar-refractivity contribution in [3.8, 4) is 0 Å². The van der Waals surface area contributed by atoms with Crippen LogP contribution < -0.4 is 5.32 Å². The Balaban J connectivity index is 2.25. The van der Waals surface area contributed by atoms with Crippen LogP contribution in [0.4, 0.5) is 11.4 Å². The first-order chi connectivity index (χ1) is 9.47. The monoisotopic (exact) mass is 356 g/mol. The normalized spacial score (nSPS) is 10.1. The topological polar surface area (TPSA) is 98.0 Å². The summed E-state index contributed by atoms with van der Waals surface area (Å²) in [5.41, 5.74) is 0.180. The van der Waals surface area contributed by atoms with Gasteiger partial charge in [-0.1, -0.05) is 11.6 Å². The summed E-state index contributed by atoms with van der Waals surface area (Å²) >= 11 is 8.77. The highest BCUT2D eigenvalue weighted by molar-refractivity contribution is 9.10. The van der Waals surface area contributed by atoms with Gasteiger partial charge in [-0.3, -0.25) is 14.9 Å². The number of carbonyl (C=O) groups is 1. The molecule has 0 fully saturated rings. The van der Waals surface area contributed by atoms with Crippen LogP contribution in [0.25, 0.3) is 0 Å². The zero-order valence-electron chi connectivity index (χ0n) is 9.71. The van der Waals surface area contributed by atoms with Crippen molar-refractivity contribution >= 4 is 44.8 Å². The number of non-ortho nitro benzene ring substituents is 1. The summed E-state index contributed by atoms with van der Waals surface area (Å²) in [6.45, 7) is 0. The van der Waals surface area contributed by atoms with E-state index < -0.39 is 10.8 Å². The Kier molecular flexibility index (Phi) is 4.26. The fraction of sp³-hybridized carbons (Fsp3) is 0. The zero-order chi connectivity index (χ0) is 14.7. The number of benzene rings is 1. The van der Waals surface area contributed by atoms with Crippen LogP contribution in [0.2, 0.25) is 5.15 Å².